The number of amides is 1. The zero-order valence-electron chi connectivity index (χ0n) is 11.8. The minimum Gasteiger partial charge on any atom is -0.323 e. The van der Waals surface area contributed by atoms with E-state index in [0.717, 1.165) is 18.6 Å². The van der Waals surface area contributed by atoms with E-state index >= 15 is 0 Å². The summed E-state index contributed by atoms with van der Waals surface area (Å²) in [5.74, 6) is -3.95. The van der Waals surface area contributed by atoms with Crippen molar-refractivity contribution in [2.24, 2.45) is 0 Å². The average molecular weight is 328 g/mol. The zero-order chi connectivity index (χ0) is 16.5. The molecule has 2 rings (SSSR count). The summed E-state index contributed by atoms with van der Waals surface area (Å²) in [5, 5.41) is 9.21. The Kier molecular flexibility index (Phi) is 4.20. The topological polar surface area (TPSA) is 78.2 Å². The number of carbonyl (C=O) groups excluding carboxylic acids is 1. The smallest absolute Gasteiger partial charge is 0.323 e. The third-order valence-electron chi connectivity index (χ3n) is 4.00. The molecule has 1 fully saturated rings. The molecule has 0 saturated heterocycles. The van der Waals surface area contributed by atoms with Crippen LogP contribution >= 0.6 is 0 Å². The van der Waals surface area contributed by atoms with Crippen LogP contribution in [0, 0.1) is 11.3 Å². The fourth-order valence-corrected chi connectivity index (χ4v) is 3.03. The molecule has 0 spiro atoms. The molecule has 1 amide bonds. The molecule has 0 aliphatic heterocycles. The summed E-state index contributed by atoms with van der Waals surface area (Å²) in [7, 11) is -3.17. The van der Waals surface area contributed by atoms with E-state index in [9.17, 15) is 27.3 Å². The summed E-state index contributed by atoms with van der Waals surface area (Å²) in [6.45, 7) is 0. The SMILES string of the molecule is CN(C(=O)c1ccc(S(=O)(=O)C(F)F)cc1)C1(C#N)CCC1. The fraction of sp³-hybridized carbons (Fsp3) is 0.429. The number of rotatable bonds is 4. The maximum absolute atomic E-state index is 12.4. The second kappa shape index (κ2) is 5.65. The lowest BCUT2D eigenvalue weighted by molar-refractivity contribution is 0.0497. The maximum Gasteiger partial charge on any atom is 0.341 e. The lowest BCUT2D eigenvalue weighted by Crippen LogP contribution is -2.53. The van der Waals surface area contributed by atoms with Crippen molar-refractivity contribution < 1.29 is 22.0 Å². The summed E-state index contributed by atoms with van der Waals surface area (Å²) >= 11 is 0. The second-order valence-corrected chi connectivity index (χ2v) is 7.11. The Labute approximate surface area is 127 Å². The molecule has 0 radical (unpaired) electrons. The van der Waals surface area contributed by atoms with Crippen LogP contribution in [0.4, 0.5) is 8.78 Å². The van der Waals surface area contributed by atoms with Crippen LogP contribution in [-0.2, 0) is 9.84 Å². The first-order valence-electron chi connectivity index (χ1n) is 6.56. The molecule has 1 aromatic carbocycles. The number of sulfone groups is 1. The van der Waals surface area contributed by atoms with Gasteiger partial charge in [-0.3, -0.25) is 4.79 Å². The van der Waals surface area contributed by atoms with Gasteiger partial charge in [0.2, 0.25) is 9.84 Å². The van der Waals surface area contributed by atoms with E-state index in [2.05, 4.69) is 6.07 Å². The molecule has 1 aliphatic carbocycles. The first kappa shape index (κ1) is 16.4. The van der Waals surface area contributed by atoms with Crippen molar-refractivity contribution in [2.75, 3.05) is 7.05 Å². The summed E-state index contributed by atoms with van der Waals surface area (Å²) < 4.78 is 47.5. The number of hydrogen-bond donors (Lipinski definition) is 0. The van der Waals surface area contributed by atoms with Crippen LogP contribution in [0.25, 0.3) is 0 Å². The van der Waals surface area contributed by atoms with Gasteiger partial charge in [0.05, 0.1) is 11.0 Å². The van der Waals surface area contributed by atoms with Crippen LogP contribution < -0.4 is 0 Å². The van der Waals surface area contributed by atoms with Gasteiger partial charge < -0.3 is 4.90 Å². The predicted molar refractivity (Wildman–Crippen MR) is 73.9 cm³/mol. The van der Waals surface area contributed by atoms with Gasteiger partial charge in [-0.25, -0.2) is 8.42 Å². The van der Waals surface area contributed by atoms with Crippen molar-refractivity contribution in [1.29, 1.82) is 5.26 Å². The molecule has 1 saturated carbocycles. The highest BCUT2D eigenvalue weighted by Crippen LogP contribution is 2.37. The Hall–Kier alpha value is -2.01. The normalized spacial score (nSPS) is 16.7. The van der Waals surface area contributed by atoms with Gasteiger partial charge in [0, 0.05) is 12.6 Å². The van der Waals surface area contributed by atoms with Gasteiger partial charge in [-0.15, -0.1) is 0 Å². The molecule has 1 aliphatic rings. The molecule has 118 valence electrons. The molecule has 0 atom stereocenters. The van der Waals surface area contributed by atoms with E-state index in [1.54, 1.807) is 0 Å². The van der Waals surface area contributed by atoms with Gasteiger partial charge >= 0.3 is 5.76 Å². The third-order valence-corrected chi connectivity index (χ3v) is 5.40. The van der Waals surface area contributed by atoms with Crippen molar-refractivity contribution >= 4 is 15.7 Å². The highest BCUT2D eigenvalue weighted by molar-refractivity contribution is 7.91. The highest BCUT2D eigenvalue weighted by Gasteiger charge is 2.43. The lowest BCUT2D eigenvalue weighted by Gasteiger charge is -2.42. The van der Waals surface area contributed by atoms with E-state index < -0.39 is 31.9 Å². The van der Waals surface area contributed by atoms with Crippen LogP contribution in [0.1, 0.15) is 29.6 Å². The second-order valence-electron chi connectivity index (χ2n) is 5.19. The molecule has 22 heavy (non-hydrogen) atoms. The Balaban J connectivity index is 2.24. The highest BCUT2D eigenvalue weighted by atomic mass is 32.2. The summed E-state index contributed by atoms with van der Waals surface area (Å²) in [6, 6.07) is 6.43. The number of benzene rings is 1. The summed E-state index contributed by atoms with van der Waals surface area (Å²) in [5.41, 5.74) is -0.678. The summed E-state index contributed by atoms with van der Waals surface area (Å²) in [4.78, 5) is 13.1. The third kappa shape index (κ3) is 2.57. The van der Waals surface area contributed by atoms with Gasteiger partial charge in [-0.1, -0.05) is 0 Å². The number of hydrogen-bond acceptors (Lipinski definition) is 4. The molecule has 0 N–H and O–H groups in total. The number of halogens is 2. The van der Waals surface area contributed by atoms with E-state index in [1.165, 1.54) is 24.1 Å². The molecule has 0 heterocycles. The monoisotopic (exact) mass is 328 g/mol. The molecular weight excluding hydrogens is 314 g/mol. The van der Waals surface area contributed by atoms with E-state index in [4.69, 9.17) is 0 Å². The fourth-order valence-electron chi connectivity index (χ4n) is 2.31. The van der Waals surface area contributed by atoms with Crippen LogP contribution in [0.3, 0.4) is 0 Å². The molecule has 8 heteroatoms. The van der Waals surface area contributed by atoms with Crippen LogP contribution in [0.15, 0.2) is 29.2 Å². The molecule has 0 unspecified atom stereocenters. The Bertz CT molecular complexity index is 719. The lowest BCUT2D eigenvalue weighted by atomic mass is 9.76. The van der Waals surface area contributed by atoms with Crippen molar-refractivity contribution in [3.63, 3.8) is 0 Å². The summed E-state index contributed by atoms with van der Waals surface area (Å²) in [6.07, 6.45) is 2.03. The van der Waals surface area contributed by atoms with Crippen molar-refractivity contribution in [3.05, 3.63) is 29.8 Å². The predicted octanol–water partition coefficient (Wildman–Crippen LogP) is 2.20. The number of carbonyl (C=O) groups is 1. The van der Waals surface area contributed by atoms with Gasteiger partial charge in [0.1, 0.15) is 5.54 Å². The van der Waals surface area contributed by atoms with Crippen molar-refractivity contribution in [2.45, 2.75) is 35.5 Å². The molecular formula is C14H14F2N2O3S. The van der Waals surface area contributed by atoms with E-state index in [0.29, 0.717) is 12.8 Å². The molecule has 5 nitrogen and oxygen atoms in total. The number of nitrogens with zero attached hydrogens (tertiary/aromatic N) is 2. The quantitative estimate of drug-likeness (QED) is 0.849. The average Bonchev–Trinajstić information content (AvgIpc) is 2.45. The Morgan fingerprint density at radius 2 is 1.86 bits per heavy atom. The van der Waals surface area contributed by atoms with Gasteiger partial charge in [0.15, 0.2) is 0 Å². The van der Waals surface area contributed by atoms with Gasteiger partial charge in [0.25, 0.3) is 5.91 Å². The first-order valence-corrected chi connectivity index (χ1v) is 8.11. The minimum atomic E-state index is -4.68. The number of alkyl halides is 2. The van der Waals surface area contributed by atoms with E-state index in [-0.39, 0.29) is 5.56 Å². The van der Waals surface area contributed by atoms with Crippen molar-refractivity contribution in [3.8, 4) is 6.07 Å². The maximum atomic E-state index is 12.4. The minimum absolute atomic E-state index is 0.150. The molecule has 0 aromatic heterocycles. The van der Waals surface area contributed by atoms with Crippen LogP contribution in [0.2, 0.25) is 0 Å². The van der Waals surface area contributed by atoms with Gasteiger partial charge in [-0.2, -0.15) is 14.0 Å². The molecule has 0 bridgehead atoms. The largest absolute Gasteiger partial charge is 0.341 e. The number of nitriles is 1. The van der Waals surface area contributed by atoms with Crippen molar-refractivity contribution in [1.82, 2.24) is 4.90 Å². The van der Waals surface area contributed by atoms with Gasteiger partial charge in [-0.05, 0) is 43.5 Å². The molecule has 1 aromatic rings. The standard InChI is InChI=1S/C14H14F2N2O3S/c1-18(14(9-17)7-2-8-14)12(19)10-3-5-11(6-4-10)22(20,21)13(15)16/h3-6,13H,2,7-8H2,1H3. The Morgan fingerprint density at radius 3 is 2.23 bits per heavy atom. The van der Waals surface area contributed by atoms with E-state index in [1.807, 2.05) is 0 Å². The van der Waals surface area contributed by atoms with Crippen LogP contribution in [0.5, 0.6) is 0 Å². The van der Waals surface area contributed by atoms with Crippen LogP contribution in [-0.4, -0.2) is 37.6 Å². The first-order chi connectivity index (χ1) is 10.2. The Morgan fingerprint density at radius 1 is 1.32 bits per heavy atom. The zero-order valence-corrected chi connectivity index (χ0v) is 12.6.